The van der Waals surface area contributed by atoms with Gasteiger partial charge >= 0.3 is 0 Å². The normalized spacial score (nSPS) is 26.9. The number of hydrogen-bond acceptors (Lipinski definition) is 3. The zero-order valence-electron chi connectivity index (χ0n) is 10.9. The molecule has 4 N–H and O–H groups in total. The van der Waals surface area contributed by atoms with Gasteiger partial charge in [0.05, 0.1) is 12.6 Å². The van der Waals surface area contributed by atoms with E-state index in [-0.39, 0.29) is 6.04 Å². The Bertz CT molecular complexity index is 493. The predicted molar refractivity (Wildman–Crippen MR) is 74.5 cm³/mol. The molecule has 1 aromatic rings. The summed E-state index contributed by atoms with van der Waals surface area (Å²) in [7, 11) is 1.67. The van der Waals surface area contributed by atoms with E-state index in [9.17, 15) is 0 Å². The summed E-state index contributed by atoms with van der Waals surface area (Å²) in [5.74, 6) is 0.858. The van der Waals surface area contributed by atoms with Gasteiger partial charge in [-0.15, -0.1) is 0 Å². The fourth-order valence-electron chi connectivity index (χ4n) is 2.33. The molecule has 1 aromatic carbocycles. The third-order valence-corrected chi connectivity index (χ3v) is 3.67. The fourth-order valence-corrected chi connectivity index (χ4v) is 2.33. The predicted octanol–water partition coefficient (Wildman–Crippen LogP) is 1.78. The highest BCUT2D eigenvalue weighted by Crippen LogP contribution is 2.29. The van der Waals surface area contributed by atoms with E-state index in [0.717, 1.165) is 16.9 Å². The van der Waals surface area contributed by atoms with Crippen LogP contribution >= 0.6 is 0 Å². The molecule has 2 unspecified atom stereocenters. The molecule has 0 aliphatic heterocycles. The van der Waals surface area contributed by atoms with Crippen LogP contribution in [0.15, 0.2) is 48.1 Å². The second-order valence-corrected chi connectivity index (χ2v) is 4.79. The van der Waals surface area contributed by atoms with Crippen LogP contribution in [0.5, 0.6) is 5.75 Å². The van der Waals surface area contributed by atoms with Crippen molar-refractivity contribution in [1.82, 2.24) is 0 Å². The fraction of sp³-hybridized carbons (Fsp3) is 0.333. The maximum absolute atomic E-state index is 6.50. The first-order chi connectivity index (χ1) is 8.58. The molecule has 0 heterocycles. The summed E-state index contributed by atoms with van der Waals surface area (Å²) >= 11 is 0. The number of allylic oxidation sites excluding steroid dienone is 2. The van der Waals surface area contributed by atoms with E-state index in [2.05, 4.69) is 0 Å². The van der Waals surface area contributed by atoms with Crippen LogP contribution in [0.25, 0.3) is 0 Å². The Kier molecular flexibility index (Phi) is 3.55. The maximum Gasteiger partial charge on any atom is 0.122 e. The number of benzene rings is 1. The molecule has 0 radical (unpaired) electrons. The van der Waals surface area contributed by atoms with Gasteiger partial charge in [0, 0.05) is 6.04 Å². The maximum atomic E-state index is 6.50. The van der Waals surface area contributed by atoms with E-state index >= 15 is 0 Å². The summed E-state index contributed by atoms with van der Waals surface area (Å²) < 4.78 is 5.37. The van der Waals surface area contributed by atoms with Crippen LogP contribution in [-0.4, -0.2) is 18.7 Å². The minimum absolute atomic E-state index is 0.174. The van der Waals surface area contributed by atoms with E-state index in [1.165, 1.54) is 0 Å². The molecule has 0 fully saturated rings. The summed E-state index contributed by atoms with van der Waals surface area (Å²) in [6, 6.07) is 7.75. The van der Waals surface area contributed by atoms with Crippen LogP contribution in [0.1, 0.15) is 12.5 Å². The third-order valence-electron chi connectivity index (χ3n) is 3.67. The van der Waals surface area contributed by atoms with Crippen molar-refractivity contribution in [3.8, 4) is 5.75 Å². The molecule has 0 spiro atoms. The van der Waals surface area contributed by atoms with Gasteiger partial charge in [0.25, 0.3) is 0 Å². The van der Waals surface area contributed by atoms with E-state index in [1.807, 2.05) is 49.4 Å². The highest BCUT2D eigenvalue weighted by Gasteiger charge is 2.35. The number of rotatable bonds is 3. The SMILES string of the molecule is COc1ccccc1CC1(N)C(C)=CC=CC1N. The summed E-state index contributed by atoms with van der Waals surface area (Å²) in [5, 5.41) is 0. The van der Waals surface area contributed by atoms with Crippen molar-refractivity contribution in [1.29, 1.82) is 0 Å². The standard InChI is InChI=1S/C15H20N2O/c1-11-6-5-9-14(16)15(11,17)10-12-7-3-4-8-13(12)18-2/h3-9,14H,10,16-17H2,1-2H3. The molecule has 0 saturated heterocycles. The Morgan fingerprint density at radius 3 is 2.72 bits per heavy atom. The van der Waals surface area contributed by atoms with Crippen molar-refractivity contribution >= 4 is 0 Å². The lowest BCUT2D eigenvalue weighted by Gasteiger charge is -2.37. The molecule has 0 amide bonds. The number of para-hydroxylation sites is 1. The van der Waals surface area contributed by atoms with Crippen molar-refractivity contribution in [2.24, 2.45) is 11.5 Å². The molecule has 1 aliphatic carbocycles. The van der Waals surface area contributed by atoms with Crippen LogP contribution in [0.4, 0.5) is 0 Å². The van der Waals surface area contributed by atoms with Gasteiger partial charge in [-0.3, -0.25) is 0 Å². The largest absolute Gasteiger partial charge is 0.496 e. The molecule has 2 atom stereocenters. The summed E-state index contributed by atoms with van der Waals surface area (Å²) in [6.07, 6.45) is 6.61. The lowest BCUT2D eigenvalue weighted by Crippen LogP contribution is -2.57. The van der Waals surface area contributed by atoms with Crippen molar-refractivity contribution in [2.45, 2.75) is 24.9 Å². The topological polar surface area (TPSA) is 61.3 Å². The van der Waals surface area contributed by atoms with Crippen LogP contribution in [0.3, 0.4) is 0 Å². The highest BCUT2D eigenvalue weighted by molar-refractivity contribution is 5.41. The average molecular weight is 244 g/mol. The Labute approximate surface area is 108 Å². The van der Waals surface area contributed by atoms with Crippen molar-refractivity contribution in [3.63, 3.8) is 0 Å². The minimum atomic E-state index is -0.538. The lowest BCUT2D eigenvalue weighted by atomic mass is 9.76. The van der Waals surface area contributed by atoms with Crippen LogP contribution in [0, 0.1) is 0 Å². The average Bonchev–Trinajstić information content (AvgIpc) is 2.37. The molecular formula is C15H20N2O. The summed E-state index contributed by atoms with van der Waals surface area (Å²) in [6.45, 7) is 2.03. The first-order valence-corrected chi connectivity index (χ1v) is 6.10. The first-order valence-electron chi connectivity index (χ1n) is 6.10. The zero-order chi connectivity index (χ0) is 13.2. The van der Waals surface area contributed by atoms with Crippen LogP contribution in [-0.2, 0) is 6.42 Å². The van der Waals surface area contributed by atoms with Crippen molar-refractivity contribution in [2.75, 3.05) is 7.11 Å². The molecule has 0 aromatic heterocycles. The van der Waals surface area contributed by atoms with E-state index < -0.39 is 5.54 Å². The van der Waals surface area contributed by atoms with E-state index in [1.54, 1.807) is 7.11 Å². The van der Waals surface area contributed by atoms with E-state index in [4.69, 9.17) is 16.2 Å². The van der Waals surface area contributed by atoms with Gasteiger partial charge in [0.15, 0.2) is 0 Å². The summed E-state index contributed by atoms with van der Waals surface area (Å²) in [4.78, 5) is 0. The minimum Gasteiger partial charge on any atom is -0.496 e. The smallest absolute Gasteiger partial charge is 0.122 e. The summed E-state index contributed by atoms with van der Waals surface area (Å²) in [5.41, 5.74) is 14.3. The molecule has 0 bridgehead atoms. The Morgan fingerprint density at radius 2 is 2.06 bits per heavy atom. The van der Waals surface area contributed by atoms with Crippen molar-refractivity contribution < 1.29 is 4.74 Å². The first kappa shape index (κ1) is 12.9. The Morgan fingerprint density at radius 1 is 1.33 bits per heavy atom. The van der Waals surface area contributed by atoms with E-state index in [0.29, 0.717) is 6.42 Å². The monoisotopic (exact) mass is 244 g/mol. The number of nitrogens with two attached hydrogens (primary N) is 2. The second kappa shape index (κ2) is 4.96. The van der Waals surface area contributed by atoms with Crippen LogP contribution < -0.4 is 16.2 Å². The lowest BCUT2D eigenvalue weighted by molar-refractivity contribution is 0.393. The molecule has 96 valence electrons. The van der Waals surface area contributed by atoms with Gasteiger partial charge < -0.3 is 16.2 Å². The molecule has 2 rings (SSSR count). The van der Waals surface area contributed by atoms with Gasteiger partial charge in [-0.25, -0.2) is 0 Å². The second-order valence-electron chi connectivity index (χ2n) is 4.79. The zero-order valence-corrected chi connectivity index (χ0v) is 10.9. The number of ether oxygens (including phenoxy) is 1. The number of hydrogen-bond donors (Lipinski definition) is 2. The number of methoxy groups -OCH3 is 1. The molecule has 0 saturated carbocycles. The van der Waals surface area contributed by atoms with Gasteiger partial charge in [0.1, 0.15) is 5.75 Å². The van der Waals surface area contributed by atoms with Gasteiger partial charge in [-0.05, 0) is 25.0 Å². The Hall–Kier alpha value is -1.58. The molecule has 3 heteroatoms. The van der Waals surface area contributed by atoms with Gasteiger partial charge in [-0.1, -0.05) is 42.0 Å². The van der Waals surface area contributed by atoms with Crippen molar-refractivity contribution in [3.05, 3.63) is 53.6 Å². The van der Waals surface area contributed by atoms with Gasteiger partial charge in [0.2, 0.25) is 0 Å². The Balaban J connectivity index is 2.33. The molecule has 1 aliphatic rings. The third kappa shape index (κ3) is 2.19. The van der Waals surface area contributed by atoms with Crippen LogP contribution in [0.2, 0.25) is 0 Å². The quantitative estimate of drug-likeness (QED) is 0.852. The highest BCUT2D eigenvalue weighted by atomic mass is 16.5. The molecule has 3 nitrogen and oxygen atoms in total. The molecule has 18 heavy (non-hydrogen) atoms. The molecular weight excluding hydrogens is 224 g/mol. The van der Waals surface area contributed by atoms with Gasteiger partial charge in [-0.2, -0.15) is 0 Å².